The Balaban J connectivity index is 1.83. The highest BCUT2D eigenvalue weighted by Crippen LogP contribution is 2.26. The zero-order chi connectivity index (χ0) is 13.0. The summed E-state index contributed by atoms with van der Waals surface area (Å²) in [5.41, 5.74) is 1.06. The molecule has 0 radical (unpaired) electrons. The van der Waals surface area contributed by atoms with E-state index in [2.05, 4.69) is 34.8 Å². The number of aromatic nitrogens is 2. The molecule has 0 amide bonds. The second-order valence-electron chi connectivity index (χ2n) is 5.92. The van der Waals surface area contributed by atoms with Gasteiger partial charge in [-0.15, -0.1) is 0 Å². The third-order valence-corrected chi connectivity index (χ3v) is 3.88. The zero-order valence-corrected chi connectivity index (χ0v) is 11.9. The number of hydrogen-bond acceptors (Lipinski definition) is 3. The summed E-state index contributed by atoms with van der Waals surface area (Å²) in [6, 6.07) is 2.09. The predicted octanol–water partition coefficient (Wildman–Crippen LogP) is 3.44. The molecule has 0 spiro atoms. The van der Waals surface area contributed by atoms with E-state index >= 15 is 0 Å². The highest BCUT2D eigenvalue weighted by Gasteiger charge is 2.20. The minimum absolute atomic E-state index is 0.840. The molecule has 1 saturated heterocycles. The standard InChI is InChI=1S/C15H25N3/c1-12(2)4-5-14-6-8-18(9-7-14)15-10-13(3)16-11-17-15/h10-12,14H,4-9H2,1-3H3. The van der Waals surface area contributed by atoms with Gasteiger partial charge >= 0.3 is 0 Å². The zero-order valence-electron chi connectivity index (χ0n) is 11.9. The Kier molecular flexibility index (Phi) is 4.56. The molecule has 0 unspecified atom stereocenters. The van der Waals surface area contributed by atoms with Crippen molar-refractivity contribution in [2.45, 2.75) is 46.5 Å². The van der Waals surface area contributed by atoms with E-state index in [1.165, 1.54) is 25.7 Å². The number of piperidine rings is 1. The van der Waals surface area contributed by atoms with E-state index in [1.807, 2.05) is 6.92 Å². The van der Waals surface area contributed by atoms with Crippen molar-refractivity contribution < 1.29 is 0 Å². The average Bonchev–Trinajstić information content (AvgIpc) is 2.37. The summed E-state index contributed by atoms with van der Waals surface area (Å²) in [5, 5.41) is 0. The molecule has 100 valence electrons. The van der Waals surface area contributed by atoms with Crippen LogP contribution in [0.1, 0.15) is 45.2 Å². The third-order valence-electron chi connectivity index (χ3n) is 3.88. The first-order valence-electron chi connectivity index (χ1n) is 7.18. The molecular formula is C15H25N3. The summed E-state index contributed by atoms with van der Waals surface area (Å²) in [4.78, 5) is 10.9. The van der Waals surface area contributed by atoms with Gasteiger partial charge in [0, 0.05) is 24.8 Å². The van der Waals surface area contributed by atoms with Crippen molar-refractivity contribution >= 4 is 5.82 Å². The van der Waals surface area contributed by atoms with E-state index in [0.717, 1.165) is 36.4 Å². The number of rotatable bonds is 4. The third kappa shape index (κ3) is 3.69. The SMILES string of the molecule is Cc1cc(N2CCC(CCC(C)C)CC2)ncn1. The second-order valence-corrected chi connectivity index (χ2v) is 5.92. The fourth-order valence-corrected chi connectivity index (χ4v) is 2.63. The lowest BCUT2D eigenvalue weighted by molar-refractivity contribution is 0.350. The van der Waals surface area contributed by atoms with Gasteiger partial charge in [-0.05, 0) is 31.6 Å². The minimum Gasteiger partial charge on any atom is -0.356 e. The molecule has 3 nitrogen and oxygen atoms in total. The molecule has 1 aromatic heterocycles. The Labute approximate surface area is 111 Å². The van der Waals surface area contributed by atoms with E-state index in [4.69, 9.17) is 0 Å². The first-order chi connectivity index (χ1) is 8.65. The maximum atomic E-state index is 4.38. The fourth-order valence-electron chi connectivity index (χ4n) is 2.63. The van der Waals surface area contributed by atoms with Gasteiger partial charge in [-0.2, -0.15) is 0 Å². The molecular weight excluding hydrogens is 222 g/mol. The molecule has 0 saturated carbocycles. The first-order valence-corrected chi connectivity index (χ1v) is 7.18. The van der Waals surface area contributed by atoms with Crippen molar-refractivity contribution in [2.75, 3.05) is 18.0 Å². The van der Waals surface area contributed by atoms with E-state index in [1.54, 1.807) is 6.33 Å². The topological polar surface area (TPSA) is 29.0 Å². The van der Waals surface area contributed by atoms with Gasteiger partial charge in [0.15, 0.2) is 0 Å². The Bertz CT molecular complexity index is 368. The van der Waals surface area contributed by atoms with Crippen LogP contribution in [0.3, 0.4) is 0 Å². The Morgan fingerprint density at radius 1 is 1.28 bits per heavy atom. The summed E-state index contributed by atoms with van der Waals surface area (Å²) < 4.78 is 0. The van der Waals surface area contributed by atoms with Crippen molar-refractivity contribution in [3.05, 3.63) is 18.1 Å². The monoisotopic (exact) mass is 247 g/mol. The second kappa shape index (κ2) is 6.17. The molecule has 1 aromatic rings. The highest BCUT2D eigenvalue weighted by atomic mass is 15.2. The molecule has 1 aliphatic rings. The van der Waals surface area contributed by atoms with Crippen molar-refractivity contribution in [1.82, 2.24) is 9.97 Å². The summed E-state index contributed by atoms with van der Waals surface area (Å²) in [5.74, 6) is 2.86. The molecule has 0 bridgehead atoms. The maximum absolute atomic E-state index is 4.38. The van der Waals surface area contributed by atoms with Crippen LogP contribution < -0.4 is 4.90 Å². The van der Waals surface area contributed by atoms with E-state index in [9.17, 15) is 0 Å². The van der Waals surface area contributed by atoms with Gasteiger partial charge in [-0.25, -0.2) is 9.97 Å². The van der Waals surface area contributed by atoms with Crippen LogP contribution in [0.2, 0.25) is 0 Å². The smallest absolute Gasteiger partial charge is 0.132 e. The lowest BCUT2D eigenvalue weighted by atomic mass is 9.90. The van der Waals surface area contributed by atoms with E-state index in [-0.39, 0.29) is 0 Å². The normalized spacial score (nSPS) is 17.4. The Morgan fingerprint density at radius 2 is 2.00 bits per heavy atom. The Morgan fingerprint density at radius 3 is 2.61 bits per heavy atom. The molecule has 3 heteroatoms. The molecule has 2 heterocycles. The lowest BCUT2D eigenvalue weighted by Gasteiger charge is -2.33. The molecule has 1 fully saturated rings. The predicted molar refractivity (Wildman–Crippen MR) is 75.8 cm³/mol. The van der Waals surface area contributed by atoms with Crippen molar-refractivity contribution in [3.8, 4) is 0 Å². The van der Waals surface area contributed by atoms with Gasteiger partial charge in [0.1, 0.15) is 12.1 Å². The van der Waals surface area contributed by atoms with Crippen LogP contribution in [0.4, 0.5) is 5.82 Å². The van der Waals surface area contributed by atoms with Gasteiger partial charge in [0.2, 0.25) is 0 Å². The quantitative estimate of drug-likeness (QED) is 0.816. The molecule has 0 atom stereocenters. The van der Waals surface area contributed by atoms with Crippen molar-refractivity contribution in [3.63, 3.8) is 0 Å². The van der Waals surface area contributed by atoms with Gasteiger partial charge in [-0.1, -0.05) is 26.7 Å². The summed E-state index contributed by atoms with van der Waals surface area (Å²) in [6.45, 7) is 8.97. The lowest BCUT2D eigenvalue weighted by Crippen LogP contribution is -2.34. The van der Waals surface area contributed by atoms with Crippen LogP contribution in [-0.4, -0.2) is 23.1 Å². The van der Waals surface area contributed by atoms with E-state index < -0.39 is 0 Å². The fraction of sp³-hybridized carbons (Fsp3) is 0.733. The van der Waals surface area contributed by atoms with Crippen molar-refractivity contribution in [2.24, 2.45) is 11.8 Å². The van der Waals surface area contributed by atoms with Gasteiger partial charge < -0.3 is 4.90 Å². The van der Waals surface area contributed by atoms with Crippen LogP contribution >= 0.6 is 0 Å². The molecule has 0 aromatic carbocycles. The van der Waals surface area contributed by atoms with Crippen LogP contribution in [0.5, 0.6) is 0 Å². The molecule has 0 N–H and O–H groups in total. The van der Waals surface area contributed by atoms with Crippen LogP contribution in [0.25, 0.3) is 0 Å². The van der Waals surface area contributed by atoms with Crippen molar-refractivity contribution in [1.29, 1.82) is 0 Å². The molecule has 0 aliphatic carbocycles. The summed E-state index contributed by atoms with van der Waals surface area (Å²) >= 11 is 0. The van der Waals surface area contributed by atoms with Crippen LogP contribution in [0.15, 0.2) is 12.4 Å². The van der Waals surface area contributed by atoms with Gasteiger partial charge in [0.05, 0.1) is 0 Å². The summed E-state index contributed by atoms with van der Waals surface area (Å²) in [7, 11) is 0. The number of anilines is 1. The molecule has 1 aliphatic heterocycles. The average molecular weight is 247 g/mol. The largest absolute Gasteiger partial charge is 0.356 e. The highest BCUT2D eigenvalue weighted by molar-refractivity contribution is 5.38. The molecule has 2 rings (SSSR count). The maximum Gasteiger partial charge on any atom is 0.132 e. The molecule has 18 heavy (non-hydrogen) atoms. The number of nitrogens with zero attached hydrogens (tertiary/aromatic N) is 3. The summed E-state index contributed by atoms with van der Waals surface area (Å²) in [6.07, 6.45) is 7.08. The van der Waals surface area contributed by atoms with Crippen LogP contribution in [0, 0.1) is 18.8 Å². The van der Waals surface area contributed by atoms with E-state index in [0.29, 0.717) is 0 Å². The van der Waals surface area contributed by atoms with Gasteiger partial charge in [0.25, 0.3) is 0 Å². The number of aryl methyl sites for hydroxylation is 1. The number of hydrogen-bond donors (Lipinski definition) is 0. The first kappa shape index (κ1) is 13.3. The van der Waals surface area contributed by atoms with Crippen LogP contribution in [-0.2, 0) is 0 Å². The minimum atomic E-state index is 0.840. The Hall–Kier alpha value is -1.12. The van der Waals surface area contributed by atoms with Gasteiger partial charge in [-0.3, -0.25) is 0 Å².